The number of benzene rings is 1. The molecule has 2 heterocycles. The molecule has 0 atom stereocenters. The summed E-state index contributed by atoms with van der Waals surface area (Å²) in [5.41, 5.74) is 1.99. The van der Waals surface area contributed by atoms with Gasteiger partial charge in [0.05, 0.1) is 16.2 Å². The van der Waals surface area contributed by atoms with E-state index in [-0.39, 0.29) is 16.9 Å². The van der Waals surface area contributed by atoms with Gasteiger partial charge in [-0.2, -0.15) is 0 Å². The number of rotatable bonds is 3. The fourth-order valence-corrected chi connectivity index (χ4v) is 3.03. The van der Waals surface area contributed by atoms with Gasteiger partial charge in [-0.05, 0) is 32.9 Å². The molecule has 8 heteroatoms. The molecule has 2 N–H and O–H groups in total. The zero-order valence-corrected chi connectivity index (χ0v) is 13.9. The molecule has 0 amide bonds. The normalized spacial score (nSPS) is 15.4. The lowest BCUT2D eigenvalue weighted by Crippen LogP contribution is -2.42. The van der Waals surface area contributed by atoms with Crippen molar-refractivity contribution in [1.29, 1.82) is 0 Å². The van der Waals surface area contributed by atoms with E-state index >= 15 is 0 Å². The van der Waals surface area contributed by atoms with Gasteiger partial charge in [0.2, 0.25) is 0 Å². The lowest BCUT2D eigenvalue weighted by Gasteiger charge is -2.36. The zero-order valence-electron chi connectivity index (χ0n) is 13.9. The van der Waals surface area contributed by atoms with Crippen LogP contribution in [0.15, 0.2) is 47.0 Å². The predicted molar refractivity (Wildman–Crippen MR) is 90.5 cm³/mol. The zero-order chi connectivity index (χ0) is 18.4. The maximum absolute atomic E-state index is 12.4. The van der Waals surface area contributed by atoms with Crippen molar-refractivity contribution in [3.63, 3.8) is 0 Å². The summed E-state index contributed by atoms with van der Waals surface area (Å²) in [6.45, 7) is 5.03. The highest BCUT2D eigenvalue weighted by Gasteiger charge is 2.38. The van der Waals surface area contributed by atoms with Crippen molar-refractivity contribution in [3.05, 3.63) is 73.8 Å². The van der Waals surface area contributed by atoms with Gasteiger partial charge in [0.1, 0.15) is 17.0 Å². The van der Waals surface area contributed by atoms with Gasteiger partial charge in [0.25, 0.3) is 11.2 Å². The minimum absolute atomic E-state index is 0.0965. The van der Waals surface area contributed by atoms with Gasteiger partial charge in [-0.3, -0.25) is 30.2 Å². The highest BCUT2D eigenvalue weighted by Crippen LogP contribution is 2.43. The third kappa shape index (κ3) is 2.56. The van der Waals surface area contributed by atoms with Crippen LogP contribution in [0.1, 0.15) is 25.0 Å². The average Bonchev–Trinajstić information content (AvgIpc) is 2.53. The Morgan fingerprint density at radius 1 is 1.28 bits per heavy atom. The van der Waals surface area contributed by atoms with Crippen molar-refractivity contribution < 1.29 is 14.9 Å². The van der Waals surface area contributed by atoms with Gasteiger partial charge in [0.15, 0.2) is 0 Å². The summed E-state index contributed by atoms with van der Waals surface area (Å²) < 4.78 is 7.24. The molecule has 8 nitrogen and oxygen atoms in total. The van der Waals surface area contributed by atoms with Gasteiger partial charge in [-0.15, -0.1) is 0 Å². The quantitative estimate of drug-likeness (QED) is 0.655. The summed E-state index contributed by atoms with van der Waals surface area (Å²) in [6.07, 6.45) is 1.54. The van der Waals surface area contributed by atoms with E-state index in [4.69, 9.17) is 4.74 Å². The average molecular weight is 343 g/mol. The highest BCUT2D eigenvalue weighted by atomic mass is 16.6. The summed E-state index contributed by atoms with van der Waals surface area (Å²) in [7, 11) is 0. The first-order valence-corrected chi connectivity index (χ1v) is 7.58. The Labute approximate surface area is 143 Å². The van der Waals surface area contributed by atoms with Crippen molar-refractivity contribution in [3.8, 4) is 5.75 Å². The number of nitrogens with zero attached hydrogens (tertiary/aromatic N) is 2. The van der Waals surface area contributed by atoms with Crippen molar-refractivity contribution >= 4 is 11.4 Å². The molecule has 0 bridgehead atoms. The number of ether oxygens (including phenoxy) is 1. The van der Waals surface area contributed by atoms with Crippen molar-refractivity contribution in [2.45, 2.75) is 26.4 Å². The second-order valence-electron chi connectivity index (χ2n) is 6.20. The second kappa shape index (κ2) is 5.75. The molecule has 0 unspecified atom stereocenters. The number of fused-ring (bicyclic) bond motifs is 1. The Morgan fingerprint density at radius 3 is 2.60 bits per heavy atom. The third-order valence-corrected chi connectivity index (χ3v) is 4.21. The lowest BCUT2D eigenvalue weighted by molar-refractivity contribution is -0.385. The third-order valence-electron chi connectivity index (χ3n) is 4.21. The van der Waals surface area contributed by atoms with Crippen molar-refractivity contribution in [2.75, 3.05) is 0 Å². The molecule has 0 saturated heterocycles. The van der Waals surface area contributed by atoms with E-state index in [1.54, 1.807) is 39.1 Å². The molecule has 1 aromatic heterocycles. The molecule has 25 heavy (non-hydrogen) atoms. The maximum Gasteiger partial charge on any atom is 0.273 e. The number of hydrogen-bond donors (Lipinski definition) is 2. The van der Waals surface area contributed by atoms with E-state index in [1.807, 2.05) is 0 Å². The minimum atomic E-state index is -0.977. The molecule has 0 spiro atoms. The Morgan fingerprint density at radius 2 is 2.00 bits per heavy atom. The molecule has 0 saturated carbocycles. The molecule has 1 aromatic carbocycles. The van der Waals surface area contributed by atoms with Crippen LogP contribution in [-0.4, -0.2) is 20.3 Å². The topological polar surface area (TPSA) is 107 Å². The van der Waals surface area contributed by atoms with Crippen molar-refractivity contribution in [2.24, 2.45) is 0 Å². The van der Waals surface area contributed by atoms with E-state index in [1.165, 1.54) is 22.8 Å². The van der Waals surface area contributed by atoms with Gasteiger partial charge in [0, 0.05) is 23.9 Å². The number of hydrogen-bond acceptors (Lipinski definition) is 6. The monoisotopic (exact) mass is 343 g/mol. The number of aromatic nitrogens is 1. The number of pyridine rings is 1. The molecular formula is C17H17N3O5. The van der Waals surface area contributed by atoms with E-state index in [2.05, 4.69) is 5.48 Å². The molecule has 3 rings (SSSR count). The smallest absolute Gasteiger partial charge is 0.273 e. The summed E-state index contributed by atoms with van der Waals surface area (Å²) >= 11 is 0. The van der Waals surface area contributed by atoms with Crippen LogP contribution in [0.4, 0.5) is 5.69 Å². The van der Waals surface area contributed by atoms with Gasteiger partial charge < -0.3 is 4.74 Å². The Kier molecular flexibility index (Phi) is 3.84. The van der Waals surface area contributed by atoms with E-state index in [0.717, 1.165) is 0 Å². The fraction of sp³-hybridized carbons (Fsp3) is 0.235. The van der Waals surface area contributed by atoms with Crippen LogP contribution in [0.5, 0.6) is 5.75 Å². The maximum atomic E-state index is 12.4. The van der Waals surface area contributed by atoms with Gasteiger partial charge in [-0.1, -0.05) is 6.07 Å². The Hall–Kier alpha value is -3.13. The predicted octanol–water partition coefficient (Wildman–Crippen LogP) is 2.43. The molecule has 1 aliphatic heterocycles. The standard InChI is InChI=1S/C17H17N3O5/c1-10-11(20(23)24)7-8-12-14(10)15(16(18-22)17(2,3)25-12)19-9-5-4-6-13(19)21/h4-9,18,22H,1-3H3. The summed E-state index contributed by atoms with van der Waals surface area (Å²) in [5.74, 6) is 0.401. The molecule has 0 fully saturated rings. The van der Waals surface area contributed by atoms with Crippen LogP contribution in [0.25, 0.3) is 5.70 Å². The summed E-state index contributed by atoms with van der Waals surface area (Å²) in [5, 5.41) is 21.0. The molecule has 2 aromatic rings. The molecule has 0 radical (unpaired) electrons. The van der Waals surface area contributed by atoms with E-state index < -0.39 is 10.5 Å². The van der Waals surface area contributed by atoms with Crippen LogP contribution in [0.2, 0.25) is 0 Å². The lowest BCUT2D eigenvalue weighted by atomic mass is 9.92. The molecule has 1 aliphatic rings. The van der Waals surface area contributed by atoms with Crippen LogP contribution in [0.3, 0.4) is 0 Å². The molecular weight excluding hydrogens is 326 g/mol. The first-order valence-electron chi connectivity index (χ1n) is 7.58. The van der Waals surface area contributed by atoms with Gasteiger partial charge in [-0.25, -0.2) is 0 Å². The number of nitro groups is 1. The highest BCUT2D eigenvalue weighted by molar-refractivity contribution is 5.80. The fourth-order valence-electron chi connectivity index (χ4n) is 3.03. The van der Waals surface area contributed by atoms with Crippen LogP contribution in [0, 0.1) is 17.0 Å². The summed E-state index contributed by atoms with van der Waals surface area (Å²) in [6, 6.07) is 7.50. The number of nitrogens with one attached hydrogen (secondary N) is 1. The van der Waals surface area contributed by atoms with Crippen LogP contribution >= 0.6 is 0 Å². The van der Waals surface area contributed by atoms with Crippen LogP contribution < -0.4 is 15.8 Å². The number of nitro benzene ring substituents is 1. The molecule has 0 aliphatic carbocycles. The van der Waals surface area contributed by atoms with E-state index in [9.17, 15) is 20.1 Å². The SMILES string of the molecule is Cc1c([N+](=O)[O-])ccc2c1C(n1ccccc1=O)=C(NO)C(C)(C)O2. The van der Waals surface area contributed by atoms with E-state index in [0.29, 0.717) is 22.6 Å². The first-order chi connectivity index (χ1) is 11.8. The minimum Gasteiger partial charge on any atom is -0.481 e. The van der Waals surface area contributed by atoms with Crippen molar-refractivity contribution in [1.82, 2.24) is 10.0 Å². The second-order valence-corrected chi connectivity index (χ2v) is 6.20. The Bertz CT molecular complexity index is 959. The van der Waals surface area contributed by atoms with Gasteiger partial charge >= 0.3 is 0 Å². The largest absolute Gasteiger partial charge is 0.481 e. The first kappa shape index (κ1) is 16.7. The van der Waals surface area contributed by atoms with Crippen LogP contribution in [-0.2, 0) is 0 Å². The number of hydroxylamine groups is 1. The Balaban J connectivity index is 2.46. The molecule has 130 valence electrons. The summed E-state index contributed by atoms with van der Waals surface area (Å²) in [4.78, 5) is 23.2.